The minimum Gasteiger partial charge on any atom is -0.496 e. The van der Waals surface area contributed by atoms with Gasteiger partial charge in [-0.2, -0.15) is 0 Å². The number of methoxy groups -OCH3 is 1. The van der Waals surface area contributed by atoms with Crippen LogP contribution >= 0.6 is 11.6 Å². The van der Waals surface area contributed by atoms with E-state index in [-0.39, 0.29) is 5.43 Å². The summed E-state index contributed by atoms with van der Waals surface area (Å²) >= 11 is 5.89. The molecule has 4 aromatic rings. The van der Waals surface area contributed by atoms with Crippen molar-refractivity contribution in [1.82, 2.24) is 0 Å². The van der Waals surface area contributed by atoms with Crippen molar-refractivity contribution in [2.24, 2.45) is 0 Å². The van der Waals surface area contributed by atoms with Gasteiger partial charge in [0.05, 0.1) is 18.1 Å². The number of ether oxygens (including phenoxy) is 2. The van der Waals surface area contributed by atoms with E-state index in [0.29, 0.717) is 45.2 Å². The predicted octanol–water partition coefficient (Wildman–Crippen LogP) is 5.70. The highest BCUT2D eigenvalue weighted by molar-refractivity contribution is 6.30. The molecule has 0 fully saturated rings. The van der Waals surface area contributed by atoms with Gasteiger partial charge < -0.3 is 13.9 Å². The first-order valence-electron chi connectivity index (χ1n) is 8.72. The third-order valence-electron chi connectivity index (χ3n) is 4.46. The van der Waals surface area contributed by atoms with E-state index in [2.05, 4.69) is 0 Å². The van der Waals surface area contributed by atoms with Crippen LogP contribution in [0.25, 0.3) is 22.1 Å². The maximum Gasteiger partial charge on any atom is 0.200 e. The monoisotopic (exact) mass is 392 g/mol. The first-order valence-corrected chi connectivity index (χ1v) is 9.10. The Morgan fingerprint density at radius 3 is 2.54 bits per heavy atom. The van der Waals surface area contributed by atoms with Gasteiger partial charge in [-0.1, -0.05) is 41.9 Å². The Morgan fingerprint density at radius 1 is 0.964 bits per heavy atom. The summed E-state index contributed by atoms with van der Waals surface area (Å²) in [6, 6.07) is 20.0. The van der Waals surface area contributed by atoms with Gasteiger partial charge in [0.15, 0.2) is 0 Å². The number of hydrogen-bond acceptors (Lipinski definition) is 4. The van der Waals surface area contributed by atoms with Gasteiger partial charge in [-0.05, 0) is 35.9 Å². The first-order chi connectivity index (χ1) is 13.7. The molecule has 0 saturated carbocycles. The molecule has 4 rings (SSSR count). The molecule has 5 heteroatoms. The van der Waals surface area contributed by atoms with Gasteiger partial charge in [-0.15, -0.1) is 0 Å². The Hall–Kier alpha value is -3.24. The zero-order chi connectivity index (χ0) is 19.5. The first kappa shape index (κ1) is 18.1. The van der Waals surface area contributed by atoms with Crippen molar-refractivity contribution in [3.63, 3.8) is 0 Å². The predicted molar refractivity (Wildman–Crippen MR) is 110 cm³/mol. The average molecular weight is 393 g/mol. The van der Waals surface area contributed by atoms with Crippen LogP contribution in [0, 0.1) is 0 Å². The van der Waals surface area contributed by atoms with Crippen molar-refractivity contribution in [3.8, 4) is 22.6 Å². The van der Waals surface area contributed by atoms with Gasteiger partial charge >= 0.3 is 0 Å². The van der Waals surface area contributed by atoms with Crippen molar-refractivity contribution in [2.45, 2.75) is 6.61 Å². The fraction of sp³-hybridized carbons (Fsp3) is 0.0870. The van der Waals surface area contributed by atoms with Crippen LogP contribution in [0.4, 0.5) is 0 Å². The molecular formula is C23H17ClO4. The van der Waals surface area contributed by atoms with E-state index >= 15 is 0 Å². The lowest BCUT2D eigenvalue weighted by atomic mass is 10.0. The molecule has 0 N–H and O–H groups in total. The topological polar surface area (TPSA) is 48.7 Å². The normalized spacial score (nSPS) is 10.8. The van der Waals surface area contributed by atoms with Crippen molar-refractivity contribution in [3.05, 3.63) is 93.8 Å². The summed E-state index contributed by atoms with van der Waals surface area (Å²) in [7, 11) is 1.58. The Bertz CT molecular complexity index is 1180. The van der Waals surface area contributed by atoms with Crippen molar-refractivity contribution < 1.29 is 13.9 Å². The molecule has 0 saturated heterocycles. The number of halogens is 1. The molecule has 140 valence electrons. The van der Waals surface area contributed by atoms with Crippen LogP contribution in [-0.4, -0.2) is 7.11 Å². The Kier molecular flexibility index (Phi) is 5.04. The molecule has 1 aromatic heterocycles. The lowest BCUT2D eigenvalue weighted by Crippen LogP contribution is -2.06. The van der Waals surface area contributed by atoms with E-state index in [1.807, 2.05) is 48.5 Å². The third-order valence-corrected chi connectivity index (χ3v) is 4.71. The summed E-state index contributed by atoms with van der Waals surface area (Å²) in [6.45, 7) is 0.395. The average Bonchev–Trinajstić information content (AvgIpc) is 2.73. The maximum absolute atomic E-state index is 13.0. The van der Waals surface area contributed by atoms with Gasteiger partial charge in [-0.25, -0.2) is 0 Å². The molecule has 28 heavy (non-hydrogen) atoms. The molecule has 0 aliphatic carbocycles. The number of para-hydroxylation sites is 1. The second kappa shape index (κ2) is 7.79. The second-order valence-electron chi connectivity index (χ2n) is 6.25. The molecule has 0 atom stereocenters. The molecule has 0 unspecified atom stereocenters. The minimum absolute atomic E-state index is 0.116. The summed E-state index contributed by atoms with van der Waals surface area (Å²) < 4.78 is 16.9. The highest BCUT2D eigenvalue weighted by atomic mass is 35.5. The zero-order valence-electron chi connectivity index (χ0n) is 15.1. The van der Waals surface area contributed by atoms with Crippen molar-refractivity contribution >= 4 is 22.6 Å². The molecule has 3 aromatic carbocycles. The van der Waals surface area contributed by atoms with Crippen molar-refractivity contribution in [1.29, 1.82) is 0 Å². The van der Waals surface area contributed by atoms with Crippen LogP contribution in [0.1, 0.15) is 5.56 Å². The number of benzene rings is 3. The van der Waals surface area contributed by atoms with Gasteiger partial charge in [-0.3, -0.25) is 4.79 Å². The van der Waals surface area contributed by atoms with Gasteiger partial charge in [0.1, 0.15) is 30.0 Å². The van der Waals surface area contributed by atoms with Crippen LogP contribution in [0.15, 0.2) is 82.2 Å². The van der Waals surface area contributed by atoms with Crippen molar-refractivity contribution in [2.75, 3.05) is 7.11 Å². The Labute approximate surface area is 166 Å². The quantitative estimate of drug-likeness (QED) is 0.437. The third kappa shape index (κ3) is 3.59. The molecule has 1 heterocycles. The van der Waals surface area contributed by atoms with Crippen LogP contribution in [0.2, 0.25) is 5.02 Å². The fourth-order valence-corrected chi connectivity index (χ4v) is 3.12. The lowest BCUT2D eigenvalue weighted by molar-refractivity contribution is 0.306. The fourth-order valence-electron chi connectivity index (χ4n) is 3.00. The summed E-state index contributed by atoms with van der Waals surface area (Å²) in [5.74, 6) is 1.24. The largest absolute Gasteiger partial charge is 0.496 e. The SMILES string of the molecule is COc1ccccc1-c1coc2cc(OCc3ccc(Cl)cc3)ccc2c1=O. The Balaban J connectivity index is 1.64. The van der Waals surface area contributed by atoms with Crippen LogP contribution in [-0.2, 0) is 6.61 Å². The molecule has 0 bridgehead atoms. The molecule has 4 nitrogen and oxygen atoms in total. The van der Waals surface area contributed by atoms with Gasteiger partial charge in [0.25, 0.3) is 0 Å². The van der Waals surface area contributed by atoms with E-state index in [1.54, 1.807) is 25.3 Å². The zero-order valence-corrected chi connectivity index (χ0v) is 15.9. The van der Waals surface area contributed by atoms with E-state index in [1.165, 1.54) is 6.26 Å². The highest BCUT2D eigenvalue weighted by Crippen LogP contribution is 2.29. The van der Waals surface area contributed by atoms with Crippen LogP contribution < -0.4 is 14.9 Å². The molecule has 0 spiro atoms. The number of hydrogen-bond donors (Lipinski definition) is 0. The number of fused-ring (bicyclic) bond motifs is 1. The van der Waals surface area contributed by atoms with Crippen LogP contribution in [0.5, 0.6) is 11.5 Å². The van der Waals surface area contributed by atoms with Gasteiger partial charge in [0.2, 0.25) is 5.43 Å². The minimum atomic E-state index is -0.116. The summed E-state index contributed by atoms with van der Waals surface area (Å²) in [5.41, 5.74) is 2.51. The molecular weight excluding hydrogens is 376 g/mol. The lowest BCUT2D eigenvalue weighted by Gasteiger charge is -2.09. The maximum atomic E-state index is 13.0. The van der Waals surface area contributed by atoms with E-state index in [4.69, 9.17) is 25.5 Å². The standard InChI is InChI=1S/C23H17ClO4/c1-26-21-5-3-2-4-18(21)20-14-28-22-12-17(10-11-19(22)23(20)25)27-13-15-6-8-16(24)9-7-15/h2-12,14H,13H2,1H3. The molecule has 0 amide bonds. The van der Waals surface area contributed by atoms with E-state index < -0.39 is 0 Å². The summed E-state index contributed by atoms with van der Waals surface area (Å²) in [5, 5.41) is 1.17. The second-order valence-corrected chi connectivity index (χ2v) is 6.69. The molecule has 0 aliphatic rings. The smallest absolute Gasteiger partial charge is 0.200 e. The van der Waals surface area contributed by atoms with Crippen LogP contribution in [0.3, 0.4) is 0 Å². The molecule has 0 radical (unpaired) electrons. The highest BCUT2D eigenvalue weighted by Gasteiger charge is 2.13. The summed E-state index contributed by atoms with van der Waals surface area (Å²) in [4.78, 5) is 13.0. The van der Waals surface area contributed by atoms with E-state index in [0.717, 1.165) is 5.56 Å². The summed E-state index contributed by atoms with van der Waals surface area (Å²) in [6.07, 6.45) is 1.46. The molecule has 0 aliphatic heterocycles. The number of rotatable bonds is 5. The Morgan fingerprint density at radius 2 is 1.75 bits per heavy atom. The van der Waals surface area contributed by atoms with E-state index in [9.17, 15) is 4.79 Å². The van der Waals surface area contributed by atoms with Gasteiger partial charge in [0, 0.05) is 16.7 Å².